The molecule has 0 spiro atoms. The van der Waals surface area contributed by atoms with E-state index in [-0.39, 0.29) is 6.42 Å². The van der Waals surface area contributed by atoms with E-state index in [2.05, 4.69) is 14.2 Å². The van der Waals surface area contributed by atoms with Gasteiger partial charge in [-0.15, -0.1) is 0 Å². The zero-order chi connectivity index (χ0) is 15.8. The predicted molar refractivity (Wildman–Crippen MR) is 73.3 cm³/mol. The maximum atomic E-state index is 11.9. The third-order valence-electron chi connectivity index (χ3n) is 3.15. The Kier molecular flexibility index (Phi) is 6.39. The van der Waals surface area contributed by atoms with Crippen molar-refractivity contribution in [3.05, 3.63) is 35.9 Å². The number of hydrogen-bond donors (Lipinski definition) is 0. The zero-order valence-electron chi connectivity index (χ0n) is 12.2. The van der Waals surface area contributed by atoms with Gasteiger partial charge in [0.15, 0.2) is 5.92 Å². The second kappa shape index (κ2) is 8.04. The van der Waals surface area contributed by atoms with Crippen LogP contribution in [0.2, 0.25) is 0 Å². The van der Waals surface area contributed by atoms with Crippen molar-refractivity contribution in [2.75, 3.05) is 21.3 Å². The average Bonchev–Trinajstić information content (AvgIpc) is 2.54. The molecular weight excluding hydrogens is 276 g/mol. The van der Waals surface area contributed by atoms with E-state index in [1.165, 1.54) is 21.3 Å². The second-order valence-electron chi connectivity index (χ2n) is 4.32. The van der Waals surface area contributed by atoms with E-state index in [9.17, 15) is 14.4 Å². The predicted octanol–water partition coefficient (Wildman–Crippen LogP) is 1.30. The molecule has 21 heavy (non-hydrogen) atoms. The molecule has 0 aromatic heterocycles. The molecule has 6 heteroatoms. The summed E-state index contributed by atoms with van der Waals surface area (Å²) < 4.78 is 14.0. The number of benzene rings is 1. The van der Waals surface area contributed by atoms with Crippen LogP contribution in [-0.4, -0.2) is 39.2 Å². The minimum atomic E-state index is -1.22. The van der Waals surface area contributed by atoms with Crippen molar-refractivity contribution in [3.63, 3.8) is 0 Å². The maximum Gasteiger partial charge on any atom is 0.320 e. The van der Waals surface area contributed by atoms with Gasteiger partial charge in [0.2, 0.25) is 0 Å². The normalized spacial score (nSPS) is 11.6. The second-order valence-corrected chi connectivity index (χ2v) is 4.32. The molecule has 0 fully saturated rings. The van der Waals surface area contributed by atoms with Gasteiger partial charge in [0.1, 0.15) is 0 Å². The van der Waals surface area contributed by atoms with Gasteiger partial charge in [-0.25, -0.2) is 0 Å². The highest BCUT2D eigenvalue weighted by atomic mass is 16.5. The summed E-state index contributed by atoms with van der Waals surface area (Å²) in [5.41, 5.74) is 0.656. The molecule has 0 N–H and O–H groups in total. The van der Waals surface area contributed by atoms with Gasteiger partial charge >= 0.3 is 17.9 Å². The fourth-order valence-corrected chi connectivity index (χ4v) is 2.07. The minimum Gasteiger partial charge on any atom is -0.469 e. The number of rotatable bonds is 6. The molecule has 0 radical (unpaired) electrons. The molecule has 0 saturated heterocycles. The fraction of sp³-hybridized carbons (Fsp3) is 0.400. The largest absolute Gasteiger partial charge is 0.469 e. The van der Waals surface area contributed by atoms with Gasteiger partial charge in [-0.1, -0.05) is 30.3 Å². The Hall–Kier alpha value is -2.37. The van der Waals surface area contributed by atoms with Crippen molar-refractivity contribution < 1.29 is 28.6 Å². The molecule has 1 rings (SSSR count). The van der Waals surface area contributed by atoms with E-state index >= 15 is 0 Å². The molecule has 1 aromatic rings. The summed E-state index contributed by atoms with van der Waals surface area (Å²) in [5.74, 6) is -3.96. The first-order chi connectivity index (χ1) is 10.0. The van der Waals surface area contributed by atoms with Crippen LogP contribution in [0.1, 0.15) is 17.9 Å². The van der Waals surface area contributed by atoms with Crippen molar-refractivity contribution in [2.24, 2.45) is 5.92 Å². The smallest absolute Gasteiger partial charge is 0.320 e. The molecule has 1 unspecified atom stereocenters. The van der Waals surface area contributed by atoms with Gasteiger partial charge < -0.3 is 14.2 Å². The molecule has 0 bridgehead atoms. The summed E-state index contributed by atoms with van der Waals surface area (Å²) in [5, 5.41) is 0. The lowest BCUT2D eigenvalue weighted by atomic mass is 9.83. The van der Waals surface area contributed by atoms with E-state index in [1.807, 2.05) is 0 Å². The molecule has 0 aliphatic carbocycles. The first-order valence-corrected chi connectivity index (χ1v) is 6.32. The molecule has 0 aliphatic heterocycles. The van der Waals surface area contributed by atoms with E-state index in [4.69, 9.17) is 0 Å². The van der Waals surface area contributed by atoms with Crippen molar-refractivity contribution >= 4 is 17.9 Å². The van der Waals surface area contributed by atoms with Crippen LogP contribution in [0.4, 0.5) is 0 Å². The van der Waals surface area contributed by atoms with Gasteiger partial charge in [0.25, 0.3) is 0 Å². The quantitative estimate of drug-likeness (QED) is 0.447. The number of esters is 3. The molecule has 0 amide bonds. The summed E-state index contributed by atoms with van der Waals surface area (Å²) in [4.78, 5) is 35.4. The van der Waals surface area contributed by atoms with Crippen molar-refractivity contribution in [2.45, 2.75) is 12.3 Å². The highest BCUT2D eigenvalue weighted by molar-refractivity contribution is 5.96. The minimum absolute atomic E-state index is 0.130. The lowest BCUT2D eigenvalue weighted by Gasteiger charge is -2.22. The highest BCUT2D eigenvalue weighted by Crippen LogP contribution is 2.30. The Labute approximate surface area is 123 Å². The fourth-order valence-electron chi connectivity index (χ4n) is 2.07. The molecule has 1 atom stereocenters. The van der Waals surface area contributed by atoms with Gasteiger partial charge in [-0.2, -0.15) is 0 Å². The maximum absolute atomic E-state index is 11.9. The molecule has 114 valence electrons. The van der Waals surface area contributed by atoms with Crippen LogP contribution in [0.3, 0.4) is 0 Å². The monoisotopic (exact) mass is 294 g/mol. The van der Waals surface area contributed by atoms with E-state index in [0.717, 1.165) is 0 Å². The Balaban J connectivity index is 3.21. The zero-order valence-corrected chi connectivity index (χ0v) is 12.2. The van der Waals surface area contributed by atoms with E-state index in [0.29, 0.717) is 5.56 Å². The van der Waals surface area contributed by atoms with Crippen LogP contribution in [0.5, 0.6) is 0 Å². The van der Waals surface area contributed by atoms with E-state index in [1.54, 1.807) is 30.3 Å². The summed E-state index contributed by atoms with van der Waals surface area (Å²) in [6, 6.07) is 8.76. The highest BCUT2D eigenvalue weighted by Gasteiger charge is 2.39. The van der Waals surface area contributed by atoms with Crippen LogP contribution in [0.15, 0.2) is 30.3 Å². The number of methoxy groups -OCH3 is 3. The first-order valence-electron chi connectivity index (χ1n) is 6.32. The van der Waals surface area contributed by atoms with Gasteiger partial charge in [-0.3, -0.25) is 14.4 Å². The number of hydrogen-bond acceptors (Lipinski definition) is 6. The van der Waals surface area contributed by atoms with E-state index < -0.39 is 29.7 Å². The van der Waals surface area contributed by atoms with Crippen molar-refractivity contribution in [1.29, 1.82) is 0 Å². The van der Waals surface area contributed by atoms with Crippen LogP contribution in [0.25, 0.3) is 0 Å². The lowest BCUT2D eigenvalue weighted by molar-refractivity contribution is -0.160. The van der Waals surface area contributed by atoms with Crippen LogP contribution in [0, 0.1) is 5.92 Å². The summed E-state index contributed by atoms with van der Waals surface area (Å²) in [6.07, 6.45) is -0.130. The van der Waals surface area contributed by atoms with Gasteiger partial charge in [-0.05, 0) is 5.56 Å². The number of ether oxygens (including phenoxy) is 3. The Morgan fingerprint density at radius 3 is 1.86 bits per heavy atom. The molecule has 0 saturated carbocycles. The van der Waals surface area contributed by atoms with Gasteiger partial charge in [0, 0.05) is 5.92 Å². The molecule has 0 heterocycles. The Morgan fingerprint density at radius 2 is 1.43 bits per heavy atom. The topological polar surface area (TPSA) is 78.9 Å². The third-order valence-corrected chi connectivity index (χ3v) is 3.15. The van der Waals surface area contributed by atoms with Crippen molar-refractivity contribution in [1.82, 2.24) is 0 Å². The Morgan fingerprint density at radius 1 is 0.905 bits per heavy atom. The first kappa shape index (κ1) is 16.7. The van der Waals surface area contributed by atoms with Crippen LogP contribution in [-0.2, 0) is 28.6 Å². The molecular formula is C15H18O6. The average molecular weight is 294 g/mol. The molecule has 1 aromatic carbocycles. The van der Waals surface area contributed by atoms with Crippen LogP contribution < -0.4 is 0 Å². The summed E-state index contributed by atoms with van der Waals surface area (Å²) in [6.45, 7) is 0. The number of carbonyl (C=O) groups excluding carboxylic acids is 3. The SMILES string of the molecule is COC(=O)CC(c1ccccc1)C(C(=O)OC)C(=O)OC. The van der Waals surface area contributed by atoms with Gasteiger partial charge in [0.05, 0.1) is 27.8 Å². The standard InChI is InChI=1S/C15H18O6/c1-19-12(16)9-11(10-7-5-4-6-8-10)13(14(17)20-2)15(18)21-3/h4-8,11,13H,9H2,1-3H3. The summed E-state index contributed by atoms with van der Waals surface area (Å²) in [7, 11) is 3.60. The Bertz CT molecular complexity index is 480. The lowest BCUT2D eigenvalue weighted by Crippen LogP contribution is -2.33. The third kappa shape index (κ3) is 4.30. The molecule has 0 aliphatic rings. The number of carbonyl (C=O) groups is 3. The van der Waals surface area contributed by atoms with Crippen LogP contribution >= 0.6 is 0 Å². The van der Waals surface area contributed by atoms with Crippen molar-refractivity contribution in [3.8, 4) is 0 Å². The molecule has 6 nitrogen and oxygen atoms in total. The summed E-state index contributed by atoms with van der Waals surface area (Å²) >= 11 is 0.